The molecule has 2 fully saturated rings. The molecule has 1 unspecified atom stereocenters. The van der Waals surface area contributed by atoms with Gasteiger partial charge in [0.2, 0.25) is 15.3 Å². The zero-order valence-corrected chi connectivity index (χ0v) is 22.7. The maximum atomic E-state index is 12.1. The summed E-state index contributed by atoms with van der Waals surface area (Å²) in [4.78, 5) is 28.1. The second-order valence-corrected chi connectivity index (χ2v) is 13.8. The maximum absolute atomic E-state index is 12.1. The lowest BCUT2D eigenvalue weighted by atomic mass is 10.1. The average molecular weight is 584 g/mol. The zero-order valence-electron chi connectivity index (χ0n) is 20.2. The topological polar surface area (TPSA) is 205 Å². The molecule has 2 aromatic rings. The van der Waals surface area contributed by atoms with Gasteiger partial charge in [0.1, 0.15) is 35.5 Å². The van der Waals surface area contributed by atoms with Crippen molar-refractivity contribution in [3.8, 4) is 0 Å². The van der Waals surface area contributed by atoms with E-state index < -0.39 is 59.9 Å². The van der Waals surface area contributed by atoms with Crippen molar-refractivity contribution < 1.29 is 42.5 Å². The van der Waals surface area contributed by atoms with Crippen LogP contribution in [0.5, 0.6) is 0 Å². The first-order chi connectivity index (χ1) is 17.2. The molecular formula is C20H31ClN5O9PS. The van der Waals surface area contributed by atoms with Gasteiger partial charge in [0.15, 0.2) is 11.6 Å². The minimum atomic E-state index is -5.09. The van der Waals surface area contributed by atoms with Gasteiger partial charge in [-0.3, -0.25) is 4.57 Å². The van der Waals surface area contributed by atoms with E-state index in [1.165, 1.54) is 4.57 Å². The number of nitrogens with one attached hydrogen (secondary N) is 2. The van der Waals surface area contributed by atoms with E-state index in [0.29, 0.717) is 16.9 Å². The second kappa shape index (κ2) is 10.6. The fourth-order valence-electron chi connectivity index (χ4n) is 4.58. The number of halogens is 1. The van der Waals surface area contributed by atoms with E-state index in [-0.39, 0.29) is 11.3 Å². The van der Waals surface area contributed by atoms with E-state index in [0.717, 1.165) is 39.7 Å². The molecule has 1 saturated carbocycles. The minimum Gasteiger partial charge on any atom is -0.387 e. The number of aromatic nitrogens is 3. The highest BCUT2D eigenvalue weighted by Gasteiger charge is 2.50. The van der Waals surface area contributed by atoms with E-state index in [4.69, 9.17) is 21.1 Å². The SMILES string of the molecule is CNS(=O)(=O)CC(C)(OC[C@H]1O[C@@H](n2ccc3c(NC4CCCC4)nc(Cl)nc32)[C@H](O)[C@@H]1O)P(=O)(O)O. The van der Waals surface area contributed by atoms with E-state index in [9.17, 15) is 33.0 Å². The lowest BCUT2D eigenvalue weighted by molar-refractivity contribution is -0.0871. The van der Waals surface area contributed by atoms with Crippen LogP contribution >= 0.6 is 19.2 Å². The number of hydrogen-bond donors (Lipinski definition) is 6. The fraction of sp³-hybridized carbons (Fsp3) is 0.700. The largest absolute Gasteiger partial charge is 0.387 e. The Hall–Kier alpha value is -1.39. The Labute approximate surface area is 218 Å². The number of aliphatic hydroxyl groups is 2. The van der Waals surface area contributed by atoms with Gasteiger partial charge in [0.05, 0.1) is 12.0 Å². The molecule has 3 heterocycles. The second-order valence-electron chi connectivity index (χ2n) is 9.47. The molecule has 6 N–H and O–H groups in total. The summed E-state index contributed by atoms with van der Waals surface area (Å²) in [5.41, 5.74) is 0.346. The molecule has 5 atom stereocenters. The summed E-state index contributed by atoms with van der Waals surface area (Å²) in [7, 11) is -8.07. The molecule has 0 bridgehead atoms. The normalized spacial score (nSPS) is 27.1. The lowest BCUT2D eigenvalue weighted by Gasteiger charge is -2.31. The van der Waals surface area contributed by atoms with Gasteiger partial charge in [0, 0.05) is 12.2 Å². The van der Waals surface area contributed by atoms with E-state index in [1.807, 2.05) is 4.72 Å². The van der Waals surface area contributed by atoms with Crippen molar-refractivity contribution in [2.24, 2.45) is 0 Å². The van der Waals surface area contributed by atoms with Crippen molar-refractivity contribution in [1.29, 1.82) is 0 Å². The third-order valence-electron chi connectivity index (χ3n) is 6.80. The molecule has 0 spiro atoms. The summed E-state index contributed by atoms with van der Waals surface area (Å²) in [6, 6.07) is 1.98. The minimum absolute atomic E-state index is 0.0241. The molecular weight excluding hydrogens is 553 g/mol. The Bertz CT molecular complexity index is 1280. The molecule has 0 radical (unpaired) electrons. The third-order valence-corrected chi connectivity index (χ3v) is 10.3. The number of anilines is 1. The van der Waals surface area contributed by atoms with E-state index in [1.54, 1.807) is 12.3 Å². The number of nitrogens with zero attached hydrogens (tertiary/aromatic N) is 3. The summed E-state index contributed by atoms with van der Waals surface area (Å²) in [6.45, 7) is 0.341. The molecule has 1 saturated heterocycles. The Kier molecular flexibility index (Phi) is 8.23. The number of ether oxygens (including phenoxy) is 2. The number of rotatable bonds is 10. The summed E-state index contributed by atoms with van der Waals surface area (Å²) >= 11 is 6.17. The Balaban J connectivity index is 1.55. The average Bonchev–Trinajstić information content (AvgIpc) is 3.53. The Morgan fingerprint density at radius 2 is 1.95 bits per heavy atom. The highest BCUT2D eigenvalue weighted by molar-refractivity contribution is 7.89. The zero-order chi connectivity index (χ0) is 27.2. The number of hydrogen-bond acceptors (Lipinski definition) is 10. The van der Waals surface area contributed by atoms with Crippen LogP contribution < -0.4 is 10.0 Å². The van der Waals surface area contributed by atoms with Crippen LogP contribution in [0.3, 0.4) is 0 Å². The van der Waals surface area contributed by atoms with Crippen LogP contribution in [-0.4, -0.2) is 92.1 Å². The molecule has 0 aromatic carbocycles. The highest BCUT2D eigenvalue weighted by Crippen LogP contribution is 2.52. The standard InChI is InChI=1S/C20H31ClN5O9PS/c1-20(36(29,30)31,10-37(32,33)22-2)34-9-13-14(27)15(28)18(35-13)26-8-7-12-16(23-11-5-3-4-6-11)24-19(21)25-17(12)26/h7-8,11,13-15,18,22,27-28H,3-6,9-10H2,1-2H3,(H,23,24,25)(H2,29,30,31)/t13-,14-,15-,18-,20?/m1/s1. The first-order valence-electron chi connectivity index (χ1n) is 11.7. The third kappa shape index (κ3) is 5.96. The summed E-state index contributed by atoms with van der Waals surface area (Å²) in [5.74, 6) is -0.499. The highest BCUT2D eigenvalue weighted by atomic mass is 35.5. The summed E-state index contributed by atoms with van der Waals surface area (Å²) in [5, 5.41) is 22.9. The van der Waals surface area contributed by atoms with Crippen LogP contribution in [0, 0.1) is 0 Å². The molecule has 1 aliphatic carbocycles. The van der Waals surface area contributed by atoms with Crippen molar-refractivity contribution >= 4 is 46.1 Å². The molecule has 17 heteroatoms. The monoisotopic (exact) mass is 583 g/mol. The molecule has 2 aliphatic rings. The lowest BCUT2D eigenvalue weighted by Crippen LogP contribution is -2.43. The van der Waals surface area contributed by atoms with Gasteiger partial charge in [0.25, 0.3) is 0 Å². The molecule has 1 aliphatic heterocycles. The van der Waals surface area contributed by atoms with Crippen molar-refractivity contribution in [1.82, 2.24) is 19.3 Å². The Morgan fingerprint density at radius 3 is 2.57 bits per heavy atom. The van der Waals surface area contributed by atoms with Gasteiger partial charge >= 0.3 is 7.60 Å². The first kappa shape index (κ1) is 28.6. The van der Waals surface area contributed by atoms with Crippen molar-refractivity contribution in [3.05, 3.63) is 17.5 Å². The van der Waals surface area contributed by atoms with Crippen LogP contribution in [0.1, 0.15) is 38.8 Å². The van der Waals surface area contributed by atoms with Crippen molar-refractivity contribution in [2.45, 2.75) is 68.5 Å². The smallest absolute Gasteiger partial charge is 0.357 e. The van der Waals surface area contributed by atoms with Crippen LogP contribution in [0.25, 0.3) is 11.0 Å². The number of fused-ring (bicyclic) bond motifs is 1. The molecule has 2 aromatic heterocycles. The van der Waals surface area contributed by atoms with Crippen LogP contribution in [-0.2, 0) is 24.1 Å². The molecule has 4 rings (SSSR count). The summed E-state index contributed by atoms with van der Waals surface area (Å²) in [6.07, 6.45) is 0.472. The van der Waals surface area contributed by atoms with Crippen molar-refractivity contribution in [3.63, 3.8) is 0 Å². The fourth-order valence-corrected chi connectivity index (χ4v) is 7.10. The van der Waals surface area contributed by atoms with Crippen molar-refractivity contribution in [2.75, 3.05) is 24.7 Å². The quantitative estimate of drug-likeness (QED) is 0.167. The van der Waals surface area contributed by atoms with Gasteiger partial charge in [-0.1, -0.05) is 12.8 Å². The van der Waals surface area contributed by atoms with Gasteiger partial charge < -0.3 is 39.4 Å². The predicted octanol–water partition coefficient (Wildman–Crippen LogP) is 0.518. The van der Waals surface area contributed by atoms with Gasteiger partial charge in [-0.15, -0.1) is 0 Å². The van der Waals surface area contributed by atoms with Crippen LogP contribution in [0.15, 0.2) is 12.3 Å². The Morgan fingerprint density at radius 1 is 1.27 bits per heavy atom. The molecule has 208 valence electrons. The van der Waals surface area contributed by atoms with Gasteiger partial charge in [-0.25, -0.2) is 18.1 Å². The summed E-state index contributed by atoms with van der Waals surface area (Å²) < 4.78 is 50.7. The van der Waals surface area contributed by atoms with Crippen LogP contribution in [0.4, 0.5) is 5.82 Å². The number of sulfonamides is 1. The molecule has 37 heavy (non-hydrogen) atoms. The number of aliphatic hydroxyl groups excluding tert-OH is 2. The molecule has 14 nitrogen and oxygen atoms in total. The van der Waals surface area contributed by atoms with Gasteiger partial charge in [-0.2, -0.15) is 4.98 Å². The van der Waals surface area contributed by atoms with E-state index in [2.05, 4.69) is 15.3 Å². The predicted molar refractivity (Wildman–Crippen MR) is 134 cm³/mol. The van der Waals surface area contributed by atoms with Gasteiger partial charge in [-0.05, 0) is 44.5 Å². The van der Waals surface area contributed by atoms with Crippen LogP contribution in [0.2, 0.25) is 5.28 Å². The maximum Gasteiger partial charge on any atom is 0.357 e. The van der Waals surface area contributed by atoms with E-state index >= 15 is 0 Å². The first-order valence-corrected chi connectivity index (χ1v) is 15.3. The molecule has 0 amide bonds.